The second-order valence-electron chi connectivity index (χ2n) is 5.69. The average Bonchev–Trinajstić information content (AvgIpc) is 2.57. The summed E-state index contributed by atoms with van der Waals surface area (Å²) in [6.07, 6.45) is 6.11. The fraction of sp³-hybridized carbons (Fsp3) is 0.158. The molecule has 0 saturated heterocycles. The molecule has 4 heteroatoms. The van der Waals surface area contributed by atoms with Crippen LogP contribution in [0.1, 0.15) is 16.7 Å². The van der Waals surface area contributed by atoms with Crippen LogP contribution in [0, 0.1) is 11.8 Å². The summed E-state index contributed by atoms with van der Waals surface area (Å²) in [6.45, 7) is 2.05. The van der Waals surface area contributed by atoms with Gasteiger partial charge < -0.3 is 4.90 Å². The summed E-state index contributed by atoms with van der Waals surface area (Å²) in [5.41, 5.74) is 7.89. The molecule has 0 radical (unpaired) electrons. The van der Waals surface area contributed by atoms with Crippen LogP contribution in [0.25, 0.3) is 12.2 Å². The molecule has 3 rings (SSSR count). The van der Waals surface area contributed by atoms with Gasteiger partial charge in [0, 0.05) is 12.7 Å². The molecule has 0 fully saturated rings. The zero-order valence-electron chi connectivity index (χ0n) is 13.2. The highest BCUT2D eigenvalue weighted by atomic mass is 16.3. The van der Waals surface area contributed by atoms with E-state index in [-0.39, 0.29) is 6.04 Å². The van der Waals surface area contributed by atoms with Crippen molar-refractivity contribution in [1.82, 2.24) is 5.43 Å². The second-order valence-corrected chi connectivity index (χ2v) is 5.69. The fourth-order valence-electron chi connectivity index (χ4n) is 2.81. The monoisotopic (exact) mass is 305 g/mol. The highest BCUT2D eigenvalue weighted by Gasteiger charge is 2.22. The Labute approximate surface area is 136 Å². The predicted octanol–water partition coefficient (Wildman–Crippen LogP) is 4.14. The van der Waals surface area contributed by atoms with Crippen molar-refractivity contribution in [2.75, 3.05) is 11.9 Å². The Morgan fingerprint density at radius 3 is 2.65 bits per heavy atom. The predicted molar refractivity (Wildman–Crippen MR) is 95.8 cm³/mol. The molecule has 0 spiro atoms. The Bertz CT molecular complexity index is 762. The first-order valence-corrected chi connectivity index (χ1v) is 7.56. The molecule has 0 saturated carbocycles. The Hall–Kier alpha value is -2.88. The van der Waals surface area contributed by atoms with Gasteiger partial charge >= 0.3 is 0 Å². The summed E-state index contributed by atoms with van der Waals surface area (Å²) in [5.74, 6) is 0. The zero-order valence-corrected chi connectivity index (χ0v) is 13.2. The van der Waals surface area contributed by atoms with Gasteiger partial charge in [0.2, 0.25) is 0 Å². The fourth-order valence-corrected chi connectivity index (χ4v) is 2.81. The molecular weight excluding hydrogens is 286 g/mol. The van der Waals surface area contributed by atoms with Crippen LogP contribution < -0.4 is 10.3 Å². The number of nitrogens with zero attached hydrogens (tertiary/aromatic N) is 2. The average molecular weight is 305 g/mol. The quantitative estimate of drug-likeness (QED) is 0.682. The maximum atomic E-state index is 10.8. The topological polar surface area (TPSA) is 44.7 Å². The van der Waals surface area contributed by atoms with Crippen LogP contribution in [0.5, 0.6) is 0 Å². The number of rotatable bonds is 4. The third-order valence-corrected chi connectivity index (χ3v) is 4.08. The van der Waals surface area contributed by atoms with E-state index in [4.69, 9.17) is 0 Å². The minimum absolute atomic E-state index is 0.0658. The number of hydrogen-bond donors (Lipinski definition) is 1. The second kappa shape index (κ2) is 6.48. The lowest BCUT2D eigenvalue weighted by atomic mass is 10.0. The molecule has 2 aromatic rings. The third kappa shape index (κ3) is 3.16. The van der Waals surface area contributed by atoms with Crippen LogP contribution in [-0.2, 0) is 0 Å². The molecule has 23 heavy (non-hydrogen) atoms. The van der Waals surface area contributed by atoms with Gasteiger partial charge in [0.05, 0.1) is 17.0 Å². The van der Waals surface area contributed by atoms with Gasteiger partial charge in [-0.3, -0.25) is 0 Å². The van der Waals surface area contributed by atoms with Crippen LogP contribution in [0.4, 0.5) is 5.69 Å². The lowest BCUT2D eigenvalue weighted by Crippen LogP contribution is -2.37. The van der Waals surface area contributed by atoms with Crippen LogP contribution in [-0.4, -0.2) is 13.1 Å². The molecule has 1 N–H and O–H groups in total. The Balaban J connectivity index is 1.96. The first-order chi connectivity index (χ1) is 11.2. The maximum Gasteiger partial charge on any atom is 0.0892 e. The van der Waals surface area contributed by atoms with Crippen LogP contribution in [0.2, 0.25) is 0 Å². The van der Waals surface area contributed by atoms with Gasteiger partial charge in [0.25, 0.3) is 0 Å². The standard InChI is InChI=1S/C19H19N3O/c1-14-7-9-15(10-8-14)13-17(20-21-23)19-12-11-16-5-3-4-6-18(16)22(19)2/h3-13,19H,1-2H3,(H,20,23)/b17-13+. The van der Waals surface area contributed by atoms with E-state index in [0.717, 1.165) is 16.9 Å². The van der Waals surface area contributed by atoms with E-state index in [1.54, 1.807) is 0 Å². The minimum Gasteiger partial charge on any atom is -0.362 e. The van der Waals surface area contributed by atoms with Crippen molar-refractivity contribution in [3.05, 3.63) is 81.9 Å². The summed E-state index contributed by atoms with van der Waals surface area (Å²) in [4.78, 5) is 12.9. The number of likely N-dealkylation sites (N-methyl/N-ethyl adjacent to an activating group) is 1. The van der Waals surface area contributed by atoms with E-state index in [1.807, 2.05) is 56.4 Å². The van der Waals surface area contributed by atoms with Gasteiger partial charge in [0.15, 0.2) is 0 Å². The summed E-state index contributed by atoms with van der Waals surface area (Å²) >= 11 is 0. The normalized spacial score (nSPS) is 16.9. The van der Waals surface area contributed by atoms with Gasteiger partial charge in [-0.25, -0.2) is 5.43 Å². The molecule has 1 aliphatic rings. The van der Waals surface area contributed by atoms with Crippen molar-refractivity contribution >= 4 is 17.8 Å². The van der Waals surface area contributed by atoms with Crippen molar-refractivity contribution < 1.29 is 0 Å². The highest BCUT2D eigenvalue weighted by Crippen LogP contribution is 2.30. The number of hydrogen-bond acceptors (Lipinski definition) is 3. The van der Waals surface area contributed by atoms with Crippen LogP contribution in [0.3, 0.4) is 0 Å². The summed E-state index contributed by atoms with van der Waals surface area (Å²) in [5, 5.41) is 2.89. The summed E-state index contributed by atoms with van der Waals surface area (Å²) in [7, 11) is 2.02. The van der Waals surface area contributed by atoms with E-state index >= 15 is 0 Å². The number of benzene rings is 2. The van der Waals surface area contributed by atoms with Gasteiger partial charge in [-0.05, 0) is 30.2 Å². The lowest BCUT2D eigenvalue weighted by Gasteiger charge is -2.33. The molecule has 1 atom stereocenters. The first kappa shape index (κ1) is 15.0. The zero-order chi connectivity index (χ0) is 16.2. The number of para-hydroxylation sites is 1. The molecular formula is C19H19N3O. The molecule has 4 nitrogen and oxygen atoms in total. The number of nitrogens with one attached hydrogen (secondary N) is 1. The number of nitroso groups, excluding NO2 is 1. The smallest absolute Gasteiger partial charge is 0.0892 e. The molecule has 0 aliphatic carbocycles. The third-order valence-electron chi connectivity index (χ3n) is 4.08. The highest BCUT2D eigenvalue weighted by molar-refractivity contribution is 5.74. The van der Waals surface area contributed by atoms with Crippen molar-refractivity contribution in [2.45, 2.75) is 13.0 Å². The van der Waals surface area contributed by atoms with Gasteiger partial charge in [-0.2, -0.15) is 0 Å². The summed E-state index contributed by atoms with van der Waals surface area (Å²) < 4.78 is 0. The Morgan fingerprint density at radius 2 is 1.91 bits per heavy atom. The minimum atomic E-state index is -0.0658. The van der Waals surface area contributed by atoms with Gasteiger partial charge in [0.1, 0.15) is 0 Å². The largest absolute Gasteiger partial charge is 0.362 e. The lowest BCUT2D eigenvalue weighted by molar-refractivity contribution is 0.742. The first-order valence-electron chi connectivity index (χ1n) is 7.56. The molecule has 116 valence electrons. The summed E-state index contributed by atoms with van der Waals surface area (Å²) in [6, 6.07) is 16.3. The van der Waals surface area contributed by atoms with Gasteiger partial charge in [-0.1, -0.05) is 60.2 Å². The molecule has 1 unspecified atom stereocenters. The Kier molecular flexibility index (Phi) is 4.24. The van der Waals surface area contributed by atoms with Gasteiger partial charge in [-0.15, -0.1) is 4.91 Å². The van der Waals surface area contributed by atoms with Crippen molar-refractivity contribution in [3.8, 4) is 0 Å². The van der Waals surface area contributed by atoms with Crippen LogP contribution in [0.15, 0.2) is 65.6 Å². The number of aryl methyl sites for hydroxylation is 1. The molecule has 1 heterocycles. The van der Waals surface area contributed by atoms with E-state index < -0.39 is 0 Å². The van der Waals surface area contributed by atoms with Crippen molar-refractivity contribution in [1.29, 1.82) is 0 Å². The SMILES string of the molecule is Cc1ccc(/C=C(/NN=O)C2C=Cc3ccccc3N2C)cc1. The Morgan fingerprint density at radius 1 is 1.17 bits per heavy atom. The van der Waals surface area contributed by atoms with E-state index in [2.05, 4.69) is 39.9 Å². The number of anilines is 1. The van der Waals surface area contributed by atoms with E-state index in [9.17, 15) is 4.91 Å². The molecule has 0 aromatic heterocycles. The van der Waals surface area contributed by atoms with Crippen molar-refractivity contribution in [3.63, 3.8) is 0 Å². The molecule has 2 aromatic carbocycles. The molecule has 0 bridgehead atoms. The van der Waals surface area contributed by atoms with Crippen molar-refractivity contribution in [2.24, 2.45) is 5.29 Å². The van der Waals surface area contributed by atoms with Crippen LogP contribution >= 0.6 is 0 Å². The number of fused-ring (bicyclic) bond motifs is 1. The van der Waals surface area contributed by atoms with E-state index in [1.165, 1.54) is 11.1 Å². The molecule has 0 amide bonds. The molecule has 1 aliphatic heterocycles. The maximum absolute atomic E-state index is 10.8. The van der Waals surface area contributed by atoms with E-state index in [0.29, 0.717) is 0 Å².